The predicted molar refractivity (Wildman–Crippen MR) is 61.9 cm³/mol. The van der Waals surface area contributed by atoms with Crippen molar-refractivity contribution in [2.24, 2.45) is 5.14 Å². The highest BCUT2D eigenvalue weighted by Crippen LogP contribution is 2.29. The van der Waals surface area contributed by atoms with Gasteiger partial charge < -0.3 is 4.74 Å². The topological polar surface area (TPSA) is 86.5 Å². The Morgan fingerprint density at radius 1 is 1.50 bits per heavy atom. The molecular formula is C8H7BrClNO4S. The molecule has 2 N–H and O–H groups in total. The van der Waals surface area contributed by atoms with E-state index in [1.54, 1.807) is 0 Å². The highest BCUT2D eigenvalue weighted by molar-refractivity contribution is 9.10. The van der Waals surface area contributed by atoms with Crippen LogP contribution in [0.5, 0.6) is 0 Å². The van der Waals surface area contributed by atoms with Crippen molar-refractivity contribution in [2.75, 3.05) is 7.11 Å². The molecule has 0 aromatic heterocycles. The van der Waals surface area contributed by atoms with Crippen LogP contribution in [0.15, 0.2) is 21.5 Å². The Morgan fingerprint density at radius 3 is 2.50 bits per heavy atom. The molecule has 0 bridgehead atoms. The second kappa shape index (κ2) is 4.70. The van der Waals surface area contributed by atoms with Crippen LogP contribution < -0.4 is 5.14 Å². The smallest absolute Gasteiger partial charge is 0.339 e. The third-order valence-electron chi connectivity index (χ3n) is 1.74. The highest BCUT2D eigenvalue weighted by Gasteiger charge is 2.19. The Hall–Kier alpha value is -0.630. The van der Waals surface area contributed by atoms with Gasteiger partial charge in [-0.3, -0.25) is 0 Å². The van der Waals surface area contributed by atoms with Gasteiger partial charge in [0.05, 0.1) is 22.6 Å². The maximum absolute atomic E-state index is 11.3. The SMILES string of the molecule is COC(=O)c1cc(S(N)(=O)=O)cc(Br)c1Cl. The van der Waals surface area contributed by atoms with Gasteiger partial charge in [0.25, 0.3) is 0 Å². The molecule has 0 aliphatic carbocycles. The Bertz CT molecular complexity index is 543. The molecule has 16 heavy (non-hydrogen) atoms. The third-order valence-corrected chi connectivity index (χ3v) is 3.89. The van der Waals surface area contributed by atoms with Gasteiger partial charge in [-0.15, -0.1) is 0 Å². The Labute approximate surface area is 106 Å². The van der Waals surface area contributed by atoms with Crippen molar-refractivity contribution in [3.8, 4) is 0 Å². The van der Waals surface area contributed by atoms with Crippen LogP contribution in [0.3, 0.4) is 0 Å². The largest absolute Gasteiger partial charge is 0.465 e. The Morgan fingerprint density at radius 2 is 2.06 bits per heavy atom. The average Bonchev–Trinajstić information content (AvgIpc) is 2.19. The number of sulfonamides is 1. The van der Waals surface area contributed by atoms with Crippen molar-refractivity contribution in [3.63, 3.8) is 0 Å². The molecule has 88 valence electrons. The minimum atomic E-state index is -3.90. The van der Waals surface area contributed by atoms with Crippen LogP contribution in [0.1, 0.15) is 10.4 Å². The summed E-state index contributed by atoms with van der Waals surface area (Å²) in [4.78, 5) is 11.1. The van der Waals surface area contributed by atoms with Crippen LogP contribution in [0.25, 0.3) is 0 Å². The number of hydrogen-bond donors (Lipinski definition) is 1. The van der Waals surface area contributed by atoms with Crippen LogP contribution >= 0.6 is 27.5 Å². The number of benzene rings is 1. The van der Waals surface area contributed by atoms with Crippen LogP contribution in [-0.4, -0.2) is 21.5 Å². The number of carbonyl (C=O) groups excluding carboxylic acids is 1. The van der Waals surface area contributed by atoms with Crippen LogP contribution in [0, 0.1) is 0 Å². The fourth-order valence-electron chi connectivity index (χ4n) is 0.987. The molecule has 0 radical (unpaired) electrons. The first-order valence-electron chi connectivity index (χ1n) is 3.87. The fourth-order valence-corrected chi connectivity index (χ4v) is 2.35. The first kappa shape index (κ1) is 13.4. The standard InChI is InChI=1S/C8H7BrClNO4S/c1-15-8(12)5-2-4(16(11,13)14)3-6(9)7(5)10/h2-3H,1H3,(H2,11,13,14). The summed E-state index contributed by atoms with van der Waals surface area (Å²) >= 11 is 8.83. The Balaban J connectivity index is 3.51. The van der Waals surface area contributed by atoms with E-state index in [1.807, 2.05) is 0 Å². The minimum Gasteiger partial charge on any atom is -0.465 e. The molecule has 0 saturated carbocycles. The lowest BCUT2D eigenvalue weighted by molar-refractivity contribution is 0.0600. The van der Waals surface area contributed by atoms with E-state index in [-0.39, 0.29) is 20.0 Å². The molecule has 0 saturated heterocycles. The highest BCUT2D eigenvalue weighted by atomic mass is 79.9. The number of hydrogen-bond acceptors (Lipinski definition) is 4. The molecule has 0 atom stereocenters. The lowest BCUT2D eigenvalue weighted by Gasteiger charge is -2.06. The normalized spacial score (nSPS) is 11.2. The number of carbonyl (C=O) groups is 1. The van der Waals surface area contributed by atoms with Crippen molar-refractivity contribution >= 4 is 43.5 Å². The molecule has 1 rings (SSSR count). The van der Waals surface area contributed by atoms with Gasteiger partial charge in [-0.1, -0.05) is 11.6 Å². The van der Waals surface area contributed by atoms with Gasteiger partial charge >= 0.3 is 5.97 Å². The number of halogens is 2. The lowest BCUT2D eigenvalue weighted by atomic mass is 10.2. The molecule has 0 amide bonds. The summed E-state index contributed by atoms with van der Waals surface area (Å²) < 4.78 is 27.0. The second-order valence-electron chi connectivity index (χ2n) is 2.80. The lowest BCUT2D eigenvalue weighted by Crippen LogP contribution is -2.14. The summed E-state index contributed by atoms with van der Waals surface area (Å²) in [5.41, 5.74) is -0.0671. The van der Waals surface area contributed by atoms with E-state index in [2.05, 4.69) is 20.7 Å². The van der Waals surface area contributed by atoms with Crippen molar-refractivity contribution in [1.82, 2.24) is 0 Å². The van der Waals surface area contributed by atoms with Crippen molar-refractivity contribution in [1.29, 1.82) is 0 Å². The molecule has 0 spiro atoms. The average molecular weight is 329 g/mol. The van der Waals surface area contributed by atoms with E-state index in [4.69, 9.17) is 16.7 Å². The van der Waals surface area contributed by atoms with Crippen molar-refractivity contribution in [3.05, 3.63) is 27.2 Å². The van der Waals surface area contributed by atoms with Crippen molar-refractivity contribution in [2.45, 2.75) is 4.90 Å². The first-order valence-corrected chi connectivity index (χ1v) is 6.59. The first-order chi connectivity index (χ1) is 7.27. The zero-order valence-corrected chi connectivity index (χ0v) is 11.2. The third kappa shape index (κ3) is 2.73. The predicted octanol–water partition coefficient (Wildman–Crippen LogP) is 1.54. The minimum absolute atomic E-state index is 0.0671. The van der Waals surface area contributed by atoms with Gasteiger partial charge in [0, 0.05) is 4.47 Å². The summed E-state index contributed by atoms with van der Waals surface area (Å²) in [5, 5.41) is 5.01. The summed E-state index contributed by atoms with van der Waals surface area (Å²) in [6, 6.07) is 2.28. The number of nitrogens with two attached hydrogens (primary N) is 1. The molecule has 8 heteroatoms. The van der Waals surface area contributed by atoms with E-state index in [9.17, 15) is 13.2 Å². The van der Waals surface area contributed by atoms with Gasteiger partial charge in [-0.25, -0.2) is 18.4 Å². The van der Waals surface area contributed by atoms with Gasteiger partial charge in [-0.2, -0.15) is 0 Å². The number of primary sulfonamides is 1. The number of rotatable bonds is 2. The number of methoxy groups -OCH3 is 1. The Kier molecular flexibility index (Phi) is 3.95. The summed E-state index contributed by atoms with van der Waals surface area (Å²) in [7, 11) is -2.74. The van der Waals surface area contributed by atoms with Crippen molar-refractivity contribution < 1.29 is 17.9 Å². The van der Waals surface area contributed by atoms with E-state index in [0.717, 1.165) is 13.2 Å². The van der Waals surface area contributed by atoms with Crippen LogP contribution in [-0.2, 0) is 14.8 Å². The molecular weight excluding hydrogens is 322 g/mol. The van der Waals surface area contributed by atoms with Gasteiger partial charge in [-0.05, 0) is 28.1 Å². The molecule has 1 aromatic rings. The van der Waals surface area contributed by atoms with E-state index >= 15 is 0 Å². The molecule has 0 heterocycles. The molecule has 0 unspecified atom stereocenters. The summed E-state index contributed by atoms with van der Waals surface area (Å²) in [6.07, 6.45) is 0. The van der Waals surface area contributed by atoms with Gasteiger partial charge in [0.15, 0.2) is 0 Å². The summed E-state index contributed by atoms with van der Waals surface area (Å²) in [5.74, 6) is -0.740. The zero-order valence-electron chi connectivity index (χ0n) is 8.03. The fraction of sp³-hybridized carbons (Fsp3) is 0.125. The molecule has 0 aliphatic heterocycles. The maximum atomic E-state index is 11.3. The van der Waals surface area contributed by atoms with Crippen LogP contribution in [0.2, 0.25) is 5.02 Å². The molecule has 5 nitrogen and oxygen atoms in total. The monoisotopic (exact) mass is 327 g/mol. The van der Waals surface area contributed by atoms with Gasteiger partial charge in [0.2, 0.25) is 10.0 Å². The second-order valence-corrected chi connectivity index (χ2v) is 5.60. The maximum Gasteiger partial charge on any atom is 0.339 e. The van der Waals surface area contributed by atoms with E-state index in [1.165, 1.54) is 6.07 Å². The quantitative estimate of drug-likeness (QED) is 0.834. The summed E-state index contributed by atoms with van der Waals surface area (Å²) in [6.45, 7) is 0. The van der Waals surface area contributed by atoms with Crippen LogP contribution in [0.4, 0.5) is 0 Å². The molecule has 0 aliphatic rings. The van der Waals surface area contributed by atoms with E-state index in [0.29, 0.717) is 0 Å². The zero-order chi connectivity index (χ0) is 12.5. The van der Waals surface area contributed by atoms with E-state index < -0.39 is 16.0 Å². The molecule has 1 aromatic carbocycles. The number of ether oxygens (including phenoxy) is 1. The molecule has 0 fully saturated rings. The van der Waals surface area contributed by atoms with Gasteiger partial charge in [0.1, 0.15) is 0 Å². The number of esters is 1.